The SMILES string of the molecule is COCc1nc(COC2CCCN(C(=O)c3ccc(OC)nc3)C2)no1. The minimum Gasteiger partial charge on any atom is -0.481 e. The zero-order chi connectivity index (χ0) is 18.4. The monoisotopic (exact) mass is 362 g/mol. The summed E-state index contributed by atoms with van der Waals surface area (Å²) < 4.78 is 20.8. The fourth-order valence-electron chi connectivity index (χ4n) is 2.79. The number of aromatic nitrogens is 3. The summed E-state index contributed by atoms with van der Waals surface area (Å²) in [6.07, 6.45) is 3.22. The van der Waals surface area contributed by atoms with Crippen LogP contribution in [0.5, 0.6) is 5.88 Å². The minimum atomic E-state index is -0.0664. The Morgan fingerprint density at radius 1 is 1.35 bits per heavy atom. The third kappa shape index (κ3) is 4.55. The Bertz CT molecular complexity index is 718. The van der Waals surface area contributed by atoms with Crippen molar-refractivity contribution in [1.29, 1.82) is 0 Å². The van der Waals surface area contributed by atoms with Gasteiger partial charge >= 0.3 is 0 Å². The lowest BCUT2D eigenvalue weighted by Crippen LogP contribution is -2.43. The topological polar surface area (TPSA) is 99.8 Å². The van der Waals surface area contributed by atoms with E-state index in [0.717, 1.165) is 12.8 Å². The number of carbonyl (C=O) groups is 1. The summed E-state index contributed by atoms with van der Waals surface area (Å²) in [5.41, 5.74) is 0.536. The third-order valence-corrected chi connectivity index (χ3v) is 4.08. The van der Waals surface area contributed by atoms with Gasteiger partial charge in [0.05, 0.1) is 18.8 Å². The molecular weight excluding hydrogens is 340 g/mol. The Hall–Kier alpha value is -2.52. The number of methoxy groups -OCH3 is 2. The van der Waals surface area contributed by atoms with E-state index < -0.39 is 0 Å². The van der Waals surface area contributed by atoms with Crippen molar-refractivity contribution in [3.8, 4) is 5.88 Å². The Balaban J connectivity index is 1.53. The summed E-state index contributed by atoms with van der Waals surface area (Å²) in [7, 11) is 3.10. The molecule has 1 unspecified atom stereocenters. The molecule has 1 aliphatic heterocycles. The summed E-state index contributed by atoms with van der Waals surface area (Å²) >= 11 is 0. The maximum absolute atomic E-state index is 12.6. The van der Waals surface area contributed by atoms with Crippen molar-refractivity contribution in [3.63, 3.8) is 0 Å². The predicted octanol–water partition coefficient (Wildman–Crippen LogP) is 1.44. The van der Waals surface area contributed by atoms with Crippen LogP contribution < -0.4 is 4.74 Å². The van der Waals surface area contributed by atoms with Crippen molar-refractivity contribution < 1.29 is 23.5 Å². The number of piperidine rings is 1. The lowest BCUT2D eigenvalue weighted by molar-refractivity contribution is -0.00962. The minimum absolute atomic E-state index is 0.0598. The van der Waals surface area contributed by atoms with Crippen LogP contribution in [-0.4, -0.2) is 59.3 Å². The first-order valence-corrected chi connectivity index (χ1v) is 8.41. The molecule has 0 aromatic carbocycles. The first-order valence-electron chi connectivity index (χ1n) is 8.41. The number of ether oxygens (including phenoxy) is 3. The van der Waals surface area contributed by atoms with Gasteiger partial charge in [0, 0.05) is 32.5 Å². The van der Waals surface area contributed by atoms with Crippen LogP contribution in [0.2, 0.25) is 0 Å². The molecule has 1 atom stereocenters. The van der Waals surface area contributed by atoms with Gasteiger partial charge in [-0.3, -0.25) is 4.79 Å². The Morgan fingerprint density at radius 3 is 2.96 bits per heavy atom. The summed E-state index contributed by atoms with van der Waals surface area (Å²) in [4.78, 5) is 22.7. The Morgan fingerprint density at radius 2 is 2.23 bits per heavy atom. The number of nitrogens with zero attached hydrogens (tertiary/aromatic N) is 4. The van der Waals surface area contributed by atoms with Crippen LogP contribution in [0, 0.1) is 0 Å². The van der Waals surface area contributed by atoms with Crippen LogP contribution in [0.1, 0.15) is 34.9 Å². The van der Waals surface area contributed by atoms with Crippen molar-refractivity contribution in [2.24, 2.45) is 0 Å². The summed E-state index contributed by atoms with van der Waals surface area (Å²) in [6.45, 7) is 1.73. The van der Waals surface area contributed by atoms with Gasteiger partial charge in [-0.05, 0) is 18.9 Å². The van der Waals surface area contributed by atoms with Crippen molar-refractivity contribution in [2.75, 3.05) is 27.3 Å². The number of pyridine rings is 1. The van der Waals surface area contributed by atoms with Crippen molar-refractivity contribution >= 4 is 5.91 Å². The number of amides is 1. The van der Waals surface area contributed by atoms with Crippen LogP contribution in [0.4, 0.5) is 0 Å². The van der Waals surface area contributed by atoms with E-state index in [1.54, 1.807) is 31.3 Å². The van der Waals surface area contributed by atoms with E-state index in [1.807, 2.05) is 0 Å². The summed E-state index contributed by atoms with van der Waals surface area (Å²) in [5, 5.41) is 3.85. The van der Waals surface area contributed by atoms with E-state index in [-0.39, 0.29) is 25.2 Å². The Labute approximate surface area is 151 Å². The van der Waals surface area contributed by atoms with Gasteiger partial charge in [0.15, 0.2) is 5.82 Å². The van der Waals surface area contributed by atoms with E-state index in [1.165, 1.54) is 6.20 Å². The van der Waals surface area contributed by atoms with Crippen LogP contribution in [0.15, 0.2) is 22.9 Å². The van der Waals surface area contributed by atoms with E-state index in [9.17, 15) is 4.79 Å². The molecule has 1 fully saturated rings. The highest BCUT2D eigenvalue weighted by molar-refractivity contribution is 5.94. The van der Waals surface area contributed by atoms with Gasteiger partial charge in [0.1, 0.15) is 13.2 Å². The molecule has 1 saturated heterocycles. The van der Waals surface area contributed by atoms with Gasteiger partial charge < -0.3 is 23.6 Å². The molecule has 0 bridgehead atoms. The smallest absolute Gasteiger partial charge is 0.255 e. The highest BCUT2D eigenvalue weighted by atomic mass is 16.5. The lowest BCUT2D eigenvalue weighted by atomic mass is 10.1. The molecule has 0 spiro atoms. The summed E-state index contributed by atoms with van der Waals surface area (Å²) in [6, 6.07) is 3.40. The lowest BCUT2D eigenvalue weighted by Gasteiger charge is -2.32. The maximum atomic E-state index is 12.6. The molecule has 26 heavy (non-hydrogen) atoms. The summed E-state index contributed by atoms with van der Waals surface area (Å²) in [5.74, 6) is 1.31. The average molecular weight is 362 g/mol. The zero-order valence-electron chi connectivity index (χ0n) is 14.9. The number of rotatable bonds is 7. The van der Waals surface area contributed by atoms with Crippen LogP contribution in [0.25, 0.3) is 0 Å². The highest BCUT2D eigenvalue weighted by Gasteiger charge is 2.25. The second kappa shape index (κ2) is 8.72. The molecule has 1 amide bonds. The molecule has 0 N–H and O–H groups in total. The molecule has 9 nitrogen and oxygen atoms in total. The van der Waals surface area contributed by atoms with Gasteiger partial charge in [0.2, 0.25) is 5.88 Å². The van der Waals surface area contributed by atoms with Crippen LogP contribution in [-0.2, 0) is 22.7 Å². The molecule has 1 aliphatic rings. The number of hydrogen-bond donors (Lipinski definition) is 0. The Kier molecular flexibility index (Phi) is 6.13. The second-order valence-electron chi connectivity index (χ2n) is 5.95. The first kappa shape index (κ1) is 18.3. The average Bonchev–Trinajstić information content (AvgIpc) is 3.14. The molecular formula is C17H22N4O5. The molecule has 0 radical (unpaired) electrons. The fourth-order valence-corrected chi connectivity index (χ4v) is 2.79. The van der Waals surface area contributed by atoms with E-state index in [2.05, 4.69) is 15.1 Å². The largest absolute Gasteiger partial charge is 0.481 e. The normalized spacial score (nSPS) is 17.3. The van der Waals surface area contributed by atoms with Gasteiger partial charge in [-0.2, -0.15) is 4.98 Å². The predicted molar refractivity (Wildman–Crippen MR) is 89.5 cm³/mol. The molecule has 0 saturated carbocycles. The van der Waals surface area contributed by atoms with E-state index in [4.69, 9.17) is 18.7 Å². The van der Waals surface area contributed by atoms with Gasteiger partial charge in [0.25, 0.3) is 11.8 Å². The highest BCUT2D eigenvalue weighted by Crippen LogP contribution is 2.18. The molecule has 3 rings (SSSR count). The molecule has 2 aromatic heterocycles. The fraction of sp³-hybridized carbons (Fsp3) is 0.529. The molecule has 3 heterocycles. The van der Waals surface area contributed by atoms with Gasteiger partial charge in [-0.1, -0.05) is 5.16 Å². The van der Waals surface area contributed by atoms with E-state index in [0.29, 0.717) is 36.2 Å². The quantitative estimate of drug-likeness (QED) is 0.729. The second-order valence-corrected chi connectivity index (χ2v) is 5.95. The zero-order valence-corrected chi connectivity index (χ0v) is 14.9. The van der Waals surface area contributed by atoms with Gasteiger partial charge in [-0.15, -0.1) is 0 Å². The van der Waals surface area contributed by atoms with Crippen molar-refractivity contribution in [2.45, 2.75) is 32.2 Å². The molecule has 0 aliphatic carbocycles. The maximum Gasteiger partial charge on any atom is 0.255 e. The van der Waals surface area contributed by atoms with Crippen molar-refractivity contribution in [3.05, 3.63) is 35.6 Å². The van der Waals surface area contributed by atoms with Gasteiger partial charge in [-0.25, -0.2) is 4.98 Å². The first-order chi connectivity index (χ1) is 12.7. The number of likely N-dealkylation sites (tertiary alicyclic amines) is 1. The molecule has 2 aromatic rings. The van der Waals surface area contributed by atoms with Crippen LogP contribution >= 0.6 is 0 Å². The molecule has 9 heteroatoms. The van der Waals surface area contributed by atoms with Crippen molar-refractivity contribution in [1.82, 2.24) is 20.0 Å². The molecule has 140 valence electrons. The van der Waals surface area contributed by atoms with E-state index >= 15 is 0 Å². The number of carbonyl (C=O) groups excluding carboxylic acids is 1. The third-order valence-electron chi connectivity index (χ3n) is 4.08. The number of hydrogen-bond acceptors (Lipinski definition) is 8. The standard InChI is InChI=1S/C17H22N4O5/c1-23-11-16-19-14(20-26-16)10-25-13-4-3-7-21(9-13)17(22)12-5-6-15(24-2)18-8-12/h5-6,8,13H,3-4,7,9-11H2,1-2H3. The van der Waals surface area contributed by atoms with Crippen LogP contribution in [0.3, 0.4) is 0 Å².